The van der Waals surface area contributed by atoms with E-state index in [4.69, 9.17) is 9.47 Å². The van der Waals surface area contributed by atoms with Crippen LogP contribution in [-0.4, -0.2) is 44.3 Å². The molecule has 1 aliphatic heterocycles. The number of alkyl halides is 2. The lowest BCUT2D eigenvalue weighted by molar-refractivity contribution is -0.0524. The van der Waals surface area contributed by atoms with Gasteiger partial charge in [-0.1, -0.05) is 12.1 Å². The number of halogens is 3. The Morgan fingerprint density at radius 3 is 2.83 bits per heavy atom. The first-order chi connectivity index (χ1) is 10.6. The lowest BCUT2D eigenvalue weighted by Crippen LogP contribution is -2.43. The molecule has 0 aromatic heterocycles. The number of nitrogens with one attached hydrogen (secondary N) is 1. The maximum atomic E-state index is 12.7. The summed E-state index contributed by atoms with van der Waals surface area (Å²) in [6.45, 7) is 1.83. The van der Waals surface area contributed by atoms with Crippen LogP contribution in [0.2, 0.25) is 0 Å². The number of nitrogens with zero attached hydrogens (tertiary/aromatic N) is 1. The van der Waals surface area contributed by atoms with Gasteiger partial charge in [-0.25, -0.2) is 0 Å². The summed E-state index contributed by atoms with van der Waals surface area (Å²) >= 11 is 0. The van der Waals surface area contributed by atoms with Crippen LogP contribution in [0.1, 0.15) is 25.3 Å². The molecule has 1 aromatic rings. The van der Waals surface area contributed by atoms with Crippen LogP contribution in [0.4, 0.5) is 8.78 Å². The van der Waals surface area contributed by atoms with E-state index >= 15 is 0 Å². The third-order valence-corrected chi connectivity index (χ3v) is 3.87. The summed E-state index contributed by atoms with van der Waals surface area (Å²) in [5, 5.41) is 3.28. The first-order valence-corrected chi connectivity index (χ1v) is 7.73. The molecular formula is C16H25ClF2N2O2. The standard InChI is InChI=1S/C16H24F2N2O2.ClH/c1-3-21-14-8-4-6-12(15(14)22-16(17)18)10-20-9-5-7-13(11-20)19-2;/h4,6,8,13,16,19H,3,5,7,9-11H2,1-2H3;1H. The number of piperidine rings is 1. The zero-order chi connectivity index (χ0) is 15.9. The number of benzene rings is 1. The van der Waals surface area contributed by atoms with Gasteiger partial charge in [0.1, 0.15) is 0 Å². The maximum Gasteiger partial charge on any atom is 0.387 e. The van der Waals surface area contributed by atoms with Gasteiger partial charge in [0.25, 0.3) is 0 Å². The molecule has 1 N–H and O–H groups in total. The normalized spacial score (nSPS) is 18.6. The second kappa shape index (κ2) is 9.90. The van der Waals surface area contributed by atoms with Gasteiger partial charge >= 0.3 is 6.61 Å². The Kier molecular flexibility index (Phi) is 8.58. The highest BCUT2D eigenvalue weighted by molar-refractivity contribution is 5.85. The minimum atomic E-state index is -2.85. The van der Waals surface area contributed by atoms with E-state index in [1.807, 2.05) is 26.1 Å². The molecule has 0 radical (unpaired) electrons. The maximum absolute atomic E-state index is 12.7. The van der Waals surface area contributed by atoms with Gasteiger partial charge in [0.05, 0.1) is 6.61 Å². The average molecular weight is 351 g/mol. The van der Waals surface area contributed by atoms with Crippen LogP contribution in [0.3, 0.4) is 0 Å². The predicted molar refractivity (Wildman–Crippen MR) is 88.8 cm³/mol. The summed E-state index contributed by atoms with van der Waals surface area (Å²) < 4.78 is 35.6. The van der Waals surface area contributed by atoms with Crippen molar-refractivity contribution in [2.45, 2.75) is 39.0 Å². The second-order valence-corrected chi connectivity index (χ2v) is 5.42. The Hall–Kier alpha value is -1.11. The zero-order valence-corrected chi connectivity index (χ0v) is 14.4. The van der Waals surface area contributed by atoms with Crippen LogP contribution in [0.15, 0.2) is 18.2 Å². The van der Waals surface area contributed by atoms with E-state index in [9.17, 15) is 8.78 Å². The van der Waals surface area contributed by atoms with E-state index < -0.39 is 6.61 Å². The topological polar surface area (TPSA) is 33.7 Å². The van der Waals surface area contributed by atoms with Crippen LogP contribution >= 0.6 is 12.4 Å². The van der Waals surface area contributed by atoms with Gasteiger partial charge in [-0.2, -0.15) is 8.78 Å². The van der Waals surface area contributed by atoms with Gasteiger partial charge in [-0.3, -0.25) is 4.90 Å². The van der Waals surface area contributed by atoms with Crippen molar-refractivity contribution in [3.63, 3.8) is 0 Å². The largest absolute Gasteiger partial charge is 0.490 e. The van der Waals surface area contributed by atoms with Crippen molar-refractivity contribution in [1.29, 1.82) is 0 Å². The highest BCUT2D eigenvalue weighted by atomic mass is 35.5. The fraction of sp³-hybridized carbons (Fsp3) is 0.625. The van der Waals surface area contributed by atoms with Gasteiger partial charge in [-0.05, 0) is 39.4 Å². The summed E-state index contributed by atoms with van der Waals surface area (Å²) in [7, 11) is 1.95. The predicted octanol–water partition coefficient (Wildman–Crippen LogP) is 3.29. The summed E-state index contributed by atoms with van der Waals surface area (Å²) in [6, 6.07) is 5.75. The lowest BCUT2D eigenvalue weighted by atomic mass is 10.0. The molecule has 1 unspecified atom stereocenters. The fourth-order valence-electron chi connectivity index (χ4n) is 2.85. The van der Waals surface area contributed by atoms with E-state index in [0.29, 0.717) is 24.9 Å². The molecule has 0 spiro atoms. The van der Waals surface area contributed by atoms with E-state index in [1.165, 1.54) is 0 Å². The fourth-order valence-corrected chi connectivity index (χ4v) is 2.85. The molecule has 1 heterocycles. The number of rotatable bonds is 7. The lowest BCUT2D eigenvalue weighted by Gasteiger charge is -2.33. The van der Waals surface area contributed by atoms with Gasteiger partial charge in [0.2, 0.25) is 0 Å². The van der Waals surface area contributed by atoms with Crippen molar-refractivity contribution in [1.82, 2.24) is 10.2 Å². The number of hydrogen-bond donors (Lipinski definition) is 1. The number of ether oxygens (including phenoxy) is 2. The van der Waals surface area contributed by atoms with Crippen molar-refractivity contribution < 1.29 is 18.3 Å². The van der Waals surface area contributed by atoms with Crippen molar-refractivity contribution in [3.05, 3.63) is 23.8 Å². The third kappa shape index (κ3) is 5.79. The Morgan fingerprint density at radius 2 is 2.17 bits per heavy atom. The molecule has 1 fully saturated rings. The first-order valence-electron chi connectivity index (χ1n) is 7.73. The van der Waals surface area contributed by atoms with Crippen LogP contribution in [0.25, 0.3) is 0 Å². The van der Waals surface area contributed by atoms with Crippen molar-refractivity contribution in [2.75, 3.05) is 26.7 Å². The van der Waals surface area contributed by atoms with Gasteiger partial charge in [0, 0.05) is 24.7 Å². The van der Waals surface area contributed by atoms with Crippen molar-refractivity contribution in [3.8, 4) is 11.5 Å². The third-order valence-electron chi connectivity index (χ3n) is 3.87. The summed E-state index contributed by atoms with van der Waals surface area (Å²) in [5.41, 5.74) is 0.739. The van der Waals surface area contributed by atoms with E-state index in [0.717, 1.165) is 31.5 Å². The highest BCUT2D eigenvalue weighted by Gasteiger charge is 2.22. The molecule has 0 aliphatic carbocycles. The van der Waals surface area contributed by atoms with Crippen LogP contribution in [0.5, 0.6) is 11.5 Å². The molecular weight excluding hydrogens is 326 g/mol. The minimum Gasteiger partial charge on any atom is -0.490 e. The Balaban J connectivity index is 0.00000264. The Bertz CT molecular complexity index is 477. The van der Waals surface area contributed by atoms with Crippen molar-refractivity contribution >= 4 is 12.4 Å². The van der Waals surface area contributed by atoms with Crippen LogP contribution < -0.4 is 14.8 Å². The molecule has 0 saturated carbocycles. The van der Waals surface area contributed by atoms with Gasteiger partial charge < -0.3 is 14.8 Å². The van der Waals surface area contributed by atoms with E-state index in [2.05, 4.69) is 10.2 Å². The molecule has 7 heteroatoms. The smallest absolute Gasteiger partial charge is 0.387 e. The van der Waals surface area contributed by atoms with Gasteiger partial charge in [-0.15, -0.1) is 12.4 Å². The number of para-hydroxylation sites is 1. The van der Waals surface area contributed by atoms with E-state index in [1.54, 1.807) is 6.07 Å². The summed E-state index contributed by atoms with van der Waals surface area (Å²) in [4.78, 5) is 2.26. The molecule has 1 aliphatic rings. The molecule has 0 amide bonds. The molecule has 1 aromatic carbocycles. The van der Waals surface area contributed by atoms with Gasteiger partial charge in [0.15, 0.2) is 11.5 Å². The number of likely N-dealkylation sites (N-methyl/N-ethyl adjacent to an activating group) is 1. The zero-order valence-electron chi connectivity index (χ0n) is 13.6. The SMILES string of the molecule is CCOc1cccc(CN2CCCC(NC)C2)c1OC(F)F.Cl. The minimum absolute atomic E-state index is 0. The Labute approximate surface area is 142 Å². The van der Waals surface area contributed by atoms with Crippen molar-refractivity contribution in [2.24, 2.45) is 0 Å². The first kappa shape index (κ1) is 19.9. The number of likely N-dealkylation sites (tertiary alicyclic amines) is 1. The molecule has 23 heavy (non-hydrogen) atoms. The average Bonchev–Trinajstić information content (AvgIpc) is 2.50. The molecule has 132 valence electrons. The summed E-state index contributed by atoms with van der Waals surface area (Å²) in [5.74, 6) is 0.536. The second-order valence-electron chi connectivity index (χ2n) is 5.42. The quantitative estimate of drug-likeness (QED) is 0.818. The number of hydrogen-bond acceptors (Lipinski definition) is 4. The van der Waals surface area contributed by atoms with Crippen LogP contribution in [0, 0.1) is 0 Å². The molecule has 4 nitrogen and oxygen atoms in total. The Morgan fingerprint density at radius 1 is 1.39 bits per heavy atom. The monoisotopic (exact) mass is 350 g/mol. The molecule has 0 bridgehead atoms. The summed E-state index contributed by atoms with van der Waals surface area (Å²) in [6.07, 6.45) is 2.24. The highest BCUT2D eigenvalue weighted by Crippen LogP contribution is 2.34. The van der Waals surface area contributed by atoms with Crippen LogP contribution in [-0.2, 0) is 6.54 Å². The molecule has 2 rings (SSSR count). The molecule has 1 atom stereocenters. The van der Waals surface area contributed by atoms with E-state index in [-0.39, 0.29) is 18.2 Å². The molecule has 1 saturated heterocycles.